The summed E-state index contributed by atoms with van der Waals surface area (Å²) in [5.41, 5.74) is 5.76. The minimum Gasteiger partial charge on any atom is -0.370 e. The third-order valence-electron chi connectivity index (χ3n) is 2.78. The summed E-state index contributed by atoms with van der Waals surface area (Å²) in [7, 11) is 0. The van der Waals surface area contributed by atoms with Crippen LogP contribution in [-0.4, -0.2) is 16.5 Å². The summed E-state index contributed by atoms with van der Waals surface area (Å²) in [4.78, 5) is 7.86. The number of halogens is 1. The van der Waals surface area contributed by atoms with Gasteiger partial charge in [-0.25, -0.2) is 4.98 Å². The van der Waals surface area contributed by atoms with E-state index in [1.165, 1.54) is 0 Å². The summed E-state index contributed by atoms with van der Waals surface area (Å²) < 4.78 is 0. The van der Waals surface area contributed by atoms with Crippen LogP contribution in [0.5, 0.6) is 0 Å². The number of nitrogen functional groups attached to an aromatic ring is 1. The monoisotopic (exact) mass is 242 g/mol. The molecule has 1 aromatic heterocycles. The second-order valence-corrected chi connectivity index (χ2v) is 5.47. The topological polar surface area (TPSA) is 63.8 Å². The maximum absolute atomic E-state index is 5.78. The summed E-state index contributed by atoms with van der Waals surface area (Å²) in [5.74, 6) is 1.38. The van der Waals surface area contributed by atoms with E-state index >= 15 is 0 Å². The Morgan fingerprint density at radius 2 is 2.06 bits per heavy atom. The van der Waals surface area contributed by atoms with Crippen molar-refractivity contribution in [2.75, 3.05) is 17.6 Å². The van der Waals surface area contributed by atoms with Gasteiger partial charge >= 0.3 is 0 Å². The summed E-state index contributed by atoms with van der Waals surface area (Å²) >= 11 is 5.78. The predicted octanol–water partition coefficient (Wildman–Crippen LogP) is 2.81. The van der Waals surface area contributed by atoms with Gasteiger partial charge < -0.3 is 11.1 Å². The molecule has 0 aliphatic carbocycles. The number of hydrogen-bond donors (Lipinski definition) is 2. The quantitative estimate of drug-likeness (QED) is 0.800. The maximum atomic E-state index is 5.78. The van der Waals surface area contributed by atoms with Crippen LogP contribution in [0.3, 0.4) is 0 Å². The van der Waals surface area contributed by atoms with Gasteiger partial charge in [0, 0.05) is 12.6 Å². The fraction of sp³-hybridized carbons (Fsp3) is 0.636. The summed E-state index contributed by atoms with van der Waals surface area (Å²) in [6, 6.07) is 1.67. The molecule has 1 unspecified atom stereocenters. The minimum absolute atomic E-state index is 0.193. The number of anilines is 2. The lowest BCUT2D eigenvalue weighted by molar-refractivity contribution is 0.274. The SMILES string of the molecule is CC(CNc1cc(Cl)nc(N)n1)C(C)(C)C. The zero-order valence-corrected chi connectivity index (χ0v) is 11.0. The first-order valence-corrected chi connectivity index (χ1v) is 5.71. The molecule has 0 amide bonds. The predicted molar refractivity (Wildman–Crippen MR) is 68.6 cm³/mol. The first-order valence-electron chi connectivity index (χ1n) is 5.33. The average Bonchev–Trinajstić information content (AvgIpc) is 2.11. The van der Waals surface area contributed by atoms with E-state index in [4.69, 9.17) is 17.3 Å². The minimum atomic E-state index is 0.193. The summed E-state index contributed by atoms with van der Waals surface area (Å²) in [5, 5.41) is 3.58. The number of aromatic nitrogens is 2. The van der Waals surface area contributed by atoms with E-state index in [9.17, 15) is 0 Å². The Labute approximate surface area is 102 Å². The molecular formula is C11H19ClN4. The van der Waals surface area contributed by atoms with Crippen molar-refractivity contribution in [2.24, 2.45) is 11.3 Å². The van der Waals surface area contributed by atoms with Crippen molar-refractivity contribution in [3.8, 4) is 0 Å². The molecule has 1 rings (SSSR count). The Balaban J connectivity index is 2.61. The van der Waals surface area contributed by atoms with Crippen LogP contribution in [0.2, 0.25) is 5.15 Å². The van der Waals surface area contributed by atoms with Crippen LogP contribution in [0.4, 0.5) is 11.8 Å². The van der Waals surface area contributed by atoms with E-state index in [1.54, 1.807) is 6.07 Å². The van der Waals surface area contributed by atoms with Gasteiger partial charge in [-0.2, -0.15) is 4.98 Å². The second kappa shape index (κ2) is 4.87. The molecule has 1 atom stereocenters. The summed E-state index contributed by atoms with van der Waals surface area (Å²) in [6.45, 7) is 9.65. The Morgan fingerprint density at radius 3 is 2.56 bits per heavy atom. The average molecular weight is 243 g/mol. The highest BCUT2D eigenvalue weighted by molar-refractivity contribution is 6.29. The zero-order chi connectivity index (χ0) is 12.3. The molecule has 1 heterocycles. The highest BCUT2D eigenvalue weighted by Gasteiger charge is 2.19. The van der Waals surface area contributed by atoms with E-state index in [1.807, 2.05) is 0 Å². The molecule has 0 aliphatic rings. The van der Waals surface area contributed by atoms with Crippen molar-refractivity contribution >= 4 is 23.4 Å². The largest absolute Gasteiger partial charge is 0.370 e. The van der Waals surface area contributed by atoms with Crippen molar-refractivity contribution in [2.45, 2.75) is 27.7 Å². The van der Waals surface area contributed by atoms with Gasteiger partial charge in [0.25, 0.3) is 0 Å². The van der Waals surface area contributed by atoms with E-state index in [0.29, 0.717) is 16.9 Å². The molecule has 0 saturated carbocycles. The molecule has 4 nitrogen and oxygen atoms in total. The van der Waals surface area contributed by atoms with E-state index in [2.05, 4.69) is 43.0 Å². The van der Waals surface area contributed by atoms with Crippen LogP contribution in [0.25, 0.3) is 0 Å². The van der Waals surface area contributed by atoms with Gasteiger partial charge in [-0.1, -0.05) is 39.3 Å². The highest BCUT2D eigenvalue weighted by atomic mass is 35.5. The molecule has 1 aromatic rings. The molecule has 0 bridgehead atoms. The lowest BCUT2D eigenvalue weighted by Crippen LogP contribution is -2.25. The van der Waals surface area contributed by atoms with Crippen molar-refractivity contribution in [1.82, 2.24) is 9.97 Å². The Kier molecular flexibility index (Phi) is 3.97. The van der Waals surface area contributed by atoms with Crippen LogP contribution in [0, 0.1) is 11.3 Å². The molecule has 0 aliphatic heterocycles. The normalized spacial score (nSPS) is 13.6. The molecule has 0 aromatic carbocycles. The van der Waals surface area contributed by atoms with Crippen molar-refractivity contribution in [3.05, 3.63) is 11.2 Å². The van der Waals surface area contributed by atoms with E-state index < -0.39 is 0 Å². The van der Waals surface area contributed by atoms with Gasteiger partial charge in [-0.05, 0) is 11.3 Å². The highest BCUT2D eigenvalue weighted by Crippen LogP contribution is 2.25. The van der Waals surface area contributed by atoms with E-state index in [-0.39, 0.29) is 11.4 Å². The fourth-order valence-electron chi connectivity index (χ4n) is 1.09. The van der Waals surface area contributed by atoms with Gasteiger partial charge in [0.05, 0.1) is 0 Å². The van der Waals surface area contributed by atoms with Gasteiger partial charge in [0.15, 0.2) is 0 Å². The molecular weight excluding hydrogens is 224 g/mol. The molecule has 0 fully saturated rings. The molecule has 90 valence electrons. The van der Waals surface area contributed by atoms with Crippen LogP contribution in [0.15, 0.2) is 6.07 Å². The van der Waals surface area contributed by atoms with Crippen LogP contribution in [-0.2, 0) is 0 Å². The zero-order valence-electron chi connectivity index (χ0n) is 10.2. The van der Waals surface area contributed by atoms with Crippen LogP contribution >= 0.6 is 11.6 Å². The molecule has 16 heavy (non-hydrogen) atoms. The fourth-order valence-corrected chi connectivity index (χ4v) is 1.28. The Morgan fingerprint density at radius 1 is 1.44 bits per heavy atom. The van der Waals surface area contributed by atoms with Gasteiger partial charge in [-0.3, -0.25) is 0 Å². The first-order chi connectivity index (χ1) is 7.29. The number of rotatable bonds is 3. The standard InChI is InChI=1S/C11H19ClN4/c1-7(11(2,3)4)6-14-9-5-8(12)15-10(13)16-9/h5,7H,6H2,1-4H3,(H3,13,14,15,16). The van der Waals surface area contributed by atoms with Crippen molar-refractivity contribution in [3.63, 3.8) is 0 Å². The van der Waals surface area contributed by atoms with Crippen LogP contribution in [0.1, 0.15) is 27.7 Å². The number of nitrogens with one attached hydrogen (secondary N) is 1. The smallest absolute Gasteiger partial charge is 0.223 e. The number of nitrogens with two attached hydrogens (primary N) is 1. The molecule has 0 spiro atoms. The number of hydrogen-bond acceptors (Lipinski definition) is 4. The molecule has 3 N–H and O–H groups in total. The van der Waals surface area contributed by atoms with Crippen molar-refractivity contribution < 1.29 is 0 Å². The van der Waals surface area contributed by atoms with Gasteiger partial charge in [0.1, 0.15) is 11.0 Å². The Bertz CT molecular complexity index is 339. The maximum Gasteiger partial charge on any atom is 0.223 e. The van der Waals surface area contributed by atoms with E-state index in [0.717, 1.165) is 6.54 Å². The Hall–Kier alpha value is -1.03. The van der Waals surface area contributed by atoms with Crippen molar-refractivity contribution in [1.29, 1.82) is 0 Å². The first kappa shape index (κ1) is 13.0. The second-order valence-electron chi connectivity index (χ2n) is 5.08. The third-order valence-corrected chi connectivity index (χ3v) is 2.97. The summed E-state index contributed by atoms with van der Waals surface area (Å²) in [6.07, 6.45) is 0. The third kappa shape index (κ3) is 3.85. The molecule has 0 saturated heterocycles. The lowest BCUT2D eigenvalue weighted by atomic mass is 9.82. The van der Waals surface area contributed by atoms with Crippen LogP contribution < -0.4 is 11.1 Å². The number of nitrogens with zero attached hydrogens (tertiary/aromatic N) is 2. The molecule has 0 radical (unpaired) electrons. The van der Waals surface area contributed by atoms with Gasteiger partial charge in [0.2, 0.25) is 5.95 Å². The molecule has 5 heteroatoms. The lowest BCUT2D eigenvalue weighted by Gasteiger charge is -2.27. The van der Waals surface area contributed by atoms with Gasteiger partial charge in [-0.15, -0.1) is 0 Å².